The summed E-state index contributed by atoms with van der Waals surface area (Å²) in [6.45, 7) is 1.91. The average molecular weight is 511 g/mol. The normalized spacial score (nSPS) is 14.9. The minimum atomic E-state index is -0.960. The number of hydrogen-bond donors (Lipinski definition) is 4. The van der Waals surface area contributed by atoms with Crippen molar-refractivity contribution in [3.05, 3.63) is 65.0 Å². The maximum absolute atomic E-state index is 13.2. The van der Waals surface area contributed by atoms with Gasteiger partial charge in [0.05, 0.1) is 15.5 Å². The molecule has 2 heterocycles. The van der Waals surface area contributed by atoms with E-state index < -0.39 is 5.54 Å². The third-order valence-corrected chi connectivity index (χ3v) is 8.38. The highest BCUT2D eigenvalue weighted by Crippen LogP contribution is 2.27. The zero-order valence-electron chi connectivity index (χ0n) is 19.7. The van der Waals surface area contributed by atoms with Crippen LogP contribution in [0.15, 0.2) is 58.8 Å². The summed E-state index contributed by atoms with van der Waals surface area (Å²) >= 11 is 3.01. The minimum absolute atomic E-state index is 0.0946. The van der Waals surface area contributed by atoms with Crippen molar-refractivity contribution in [1.82, 2.24) is 21.3 Å². The molecule has 1 saturated heterocycles. The van der Waals surface area contributed by atoms with E-state index in [1.807, 2.05) is 54.8 Å². The minimum Gasteiger partial charge on any atom is -0.354 e. The topological polar surface area (TPSA) is 99.3 Å². The van der Waals surface area contributed by atoms with E-state index in [2.05, 4.69) is 21.3 Å². The van der Waals surface area contributed by atoms with Gasteiger partial charge in [0.15, 0.2) is 0 Å². The van der Waals surface area contributed by atoms with E-state index in [1.54, 1.807) is 17.8 Å². The van der Waals surface area contributed by atoms with E-state index in [9.17, 15) is 14.4 Å². The highest BCUT2D eigenvalue weighted by atomic mass is 32.2. The van der Waals surface area contributed by atoms with Gasteiger partial charge >= 0.3 is 0 Å². The van der Waals surface area contributed by atoms with Crippen LogP contribution in [-0.4, -0.2) is 55.7 Å². The monoisotopic (exact) mass is 510 g/mol. The van der Waals surface area contributed by atoms with E-state index in [0.717, 1.165) is 20.5 Å². The number of thiophene rings is 1. The second kappa shape index (κ2) is 11.7. The third-order valence-electron chi connectivity index (χ3n) is 6.21. The molecule has 0 aliphatic carbocycles. The van der Waals surface area contributed by atoms with Crippen LogP contribution in [-0.2, 0) is 16.0 Å². The third kappa shape index (κ3) is 6.22. The predicted molar refractivity (Wildman–Crippen MR) is 142 cm³/mol. The van der Waals surface area contributed by atoms with Crippen LogP contribution in [0.25, 0.3) is 10.8 Å². The molecule has 2 aromatic carbocycles. The molecular weight excluding hydrogens is 480 g/mol. The van der Waals surface area contributed by atoms with Crippen LogP contribution in [0.3, 0.4) is 0 Å². The van der Waals surface area contributed by atoms with Gasteiger partial charge in [-0.25, -0.2) is 0 Å². The molecule has 1 fully saturated rings. The van der Waals surface area contributed by atoms with Crippen LogP contribution in [0.5, 0.6) is 0 Å². The fourth-order valence-electron chi connectivity index (χ4n) is 4.32. The Bertz CT molecular complexity index is 1200. The molecule has 0 bridgehead atoms. The molecule has 35 heavy (non-hydrogen) atoms. The molecule has 3 aromatic rings. The smallest absolute Gasteiger partial charge is 0.262 e. The Morgan fingerprint density at radius 2 is 1.71 bits per heavy atom. The quantitative estimate of drug-likeness (QED) is 0.262. The zero-order chi connectivity index (χ0) is 24.7. The molecule has 1 aromatic heterocycles. The molecule has 0 saturated carbocycles. The van der Waals surface area contributed by atoms with Crippen molar-refractivity contribution in [1.29, 1.82) is 0 Å². The van der Waals surface area contributed by atoms with Crippen LogP contribution < -0.4 is 21.3 Å². The van der Waals surface area contributed by atoms with Crippen molar-refractivity contribution in [2.45, 2.75) is 29.0 Å². The average Bonchev–Trinajstić information content (AvgIpc) is 3.37. The lowest BCUT2D eigenvalue weighted by molar-refractivity contribution is -0.128. The van der Waals surface area contributed by atoms with Gasteiger partial charge in [-0.1, -0.05) is 42.5 Å². The van der Waals surface area contributed by atoms with Crippen LogP contribution in [0.4, 0.5) is 0 Å². The number of carbonyl (C=O) groups is 3. The number of hydrogen-bond acceptors (Lipinski definition) is 6. The van der Waals surface area contributed by atoms with E-state index in [-0.39, 0.29) is 24.1 Å². The SMILES string of the molecule is CSc1ccc(C(=O)NC2(C(=O)NCCNC(=O)Cc3cccc4ccccc34)CCNCC2)s1. The van der Waals surface area contributed by atoms with E-state index in [1.165, 1.54) is 11.3 Å². The summed E-state index contributed by atoms with van der Waals surface area (Å²) in [5, 5.41) is 14.2. The van der Waals surface area contributed by atoms with Gasteiger partial charge in [0.1, 0.15) is 5.54 Å². The number of benzene rings is 2. The van der Waals surface area contributed by atoms with Gasteiger partial charge in [-0.05, 0) is 60.7 Å². The van der Waals surface area contributed by atoms with Crippen LogP contribution in [0, 0.1) is 0 Å². The second-order valence-corrected chi connectivity index (χ2v) is 10.7. The summed E-state index contributed by atoms with van der Waals surface area (Å²) in [5.74, 6) is -0.532. The van der Waals surface area contributed by atoms with Crippen molar-refractivity contribution in [2.24, 2.45) is 0 Å². The van der Waals surface area contributed by atoms with Crippen molar-refractivity contribution in [3.63, 3.8) is 0 Å². The number of amides is 3. The number of carbonyl (C=O) groups excluding carboxylic acids is 3. The summed E-state index contributed by atoms with van der Waals surface area (Å²) < 4.78 is 1.05. The van der Waals surface area contributed by atoms with Crippen LogP contribution in [0.1, 0.15) is 28.1 Å². The van der Waals surface area contributed by atoms with Crippen molar-refractivity contribution in [3.8, 4) is 0 Å². The van der Waals surface area contributed by atoms with Gasteiger partial charge in [-0.15, -0.1) is 23.1 Å². The number of piperidine rings is 1. The standard InChI is InChI=1S/C26H30N4O3S2/c1-34-23-10-9-21(35-23)24(32)30-26(11-13-27-14-12-26)25(33)29-16-15-28-22(31)17-19-7-4-6-18-5-2-3-8-20(18)19/h2-10,27H,11-17H2,1H3,(H,28,31)(H,29,33)(H,30,32). The molecular formula is C26H30N4O3S2. The lowest BCUT2D eigenvalue weighted by atomic mass is 9.87. The van der Waals surface area contributed by atoms with Gasteiger partial charge in [0.2, 0.25) is 11.8 Å². The molecule has 0 radical (unpaired) electrons. The van der Waals surface area contributed by atoms with E-state index >= 15 is 0 Å². The first-order chi connectivity index (χ1) is 17.0. The first-order valence-corrected chi connectivity index (χ1v) is 13.7. The molecule has 4 N–H and O–H groups in total. The molecule has 1 aliphatic heterocycles. The van der Waals surface area contributed by atoms with Crippen molar-refractivity contribution >= 4 is 51.6 Å². The van der Waals surface area contributed by atoms with Crippen LogP contribution in [0.2, 0.25) is 0 Å². The number of thioether (sulfide) groups is 1. The molecule has 9 heteroatoms. The van der Waals surface area contributed by atoms with Gasteiger partial charge < -0.3 is 21.3 Å². The highest BCUT2D eigenvalue weighted by molar-refractivity contribution is 8.00. The Morgan fingerprint density at radius 1 is 0.971 bits per heavy atom. The number of rotatable bonds is 9. The Balaban J connectivity index is 1.30. The second-order valence-electron chi connectivity index (χ2n) is 8.53. The number of nitrogens with one attached hydrogen (secondary N) is 4. The molecule has 4 rings (SSSR count). The number of fused-ring (bicyclic) bond motifs is 1. The van der Waals surface area contributed by atoms with E-state index in [4.69, 9.17) is 0 Å². The first kappa shape index (κ1) is 25.2. The van der Waals surface area contributed by atoms with Crippen LogP contribution >= 0.6 is 23.1 Å². The molecule has 184 valence electrons. The summed E-state index contributed by atoms with van der Waals surface area (Å²) in [5.41, 5.74) is 0.0120. The molecule has 0 spiro atoms. The fourth-order valence-corrected chi connectivity index (χ4v) is 5.76. The summed E-state index contributed by atoms with van der Waals surface area (Å²) in [7, 11) is 0. The first-order valence-electron chi connectivity index (χ1n) is 11.7. The maximum Gasteiger partial charge on any atom is 0.262 e. The molecule has 1 aliphatic rings. The Morgan fingerprint density at radius 3 is 2.49 bits per heavy atom. The fraction of sp³-hybridized carbons (Fsp3) is 0.346. The van der Waals surface area contributed by atoms with Gasteiger partial charge in [0.25, 0.3) is 5.91 Å². The largest absolute Gasteiger partial charge is 0.354 e. The van der Waals surface area contributed by atoms with Crippen molar-refractivity contribution in [2.75, 3.05) is 32.4 Å². The van der Waals surface area contributed by atoms with Gasteiger partial charge in [-0.3, -0.25) is 14.4 Å². The Labute approximate surface area is 213 Å². The van der Waals surface area contributed by atoms with E-state index in [0.29, 0.717) is 43.9 Å². The molecule has 7 nitrogen and oxygen atoms in total. The molecule has 0 unspecified atom stereocenters. The lowest BCUT2D eigenvalue weighted by Gasteiger charge is -2.36. The summed E-state index contributed by atoms with van der Waals surface area (Å²) in [4.78, 5) is 39.1. The van der Waals surface area contributed by atoms with Gasteiger partial charge in [0, 0.05) is 13.1 Å². The summed E-state index contributed by atoms with van der Waals surface area (Å²) in [6.07, 6.45) is 3.27. The summed E-state index contributed by atoms with van der Waals surface area (Å²) in [6, 6.07) is 17.7. The predicted octanol–water partition coefficient (Wildman–Crippen LogP) is 2.95. The maximum atomic E-state index is 13.2. The lowest BCUT2D eigenvalue weighted by Crippen LogP contribution is -2.63. The molecule has 3 amide bonds. The Kier molecular flexibility index (Phi) is 8.43. The molecule has 0 atom stereocenters. The Hall–Kier alpha value is -2.88. The van der Waals surface area contributed by atoms with Crippen molar-refractivity contribution < 1.29 is 14.4 Å². The highest BCUT2D eigenvalue weighted by Gasteiger charge is 2.41. The zero-order valence-corrected chi connectivity index (χ0v) is 21.3. The van der Waals surface area contributed by atoms with Gasteiger partial charge in [-0.2, -0.15) is 0 Å².